The van der Waals surface area contributed by atoms with E-state index < -0.39 is 22.7 Å². The molecule has 2 aromatic rings. The van der Waals surface area contributed by atoms with Gasteiger partial charge in [0.25, 0.3) is 0 Å². The first-order chi connectivity index (χ1) is 13.9. The minimum absolute atomic E-state index is 0.0658. The van der Waals surface area contributed by atoms with Crippen molar-refractivity contribution in [1.82, 2.24) is 0 Å². The predicted molar refractivity (Wildman–Crippen MR) is 119 cm³/mol. The second-order valence-electron chi connectivity index (χ2n) is 6.05. The summed E-state index contributed by atoms with van der Waals surface area (Å²) in [7, 11) is 0. The van der Waals surface area contributed by atoms with E-state index in [1.807, 2.05) is 6.07 Å². The SMILES string of the molecule is CCOC(=O)C(/C=C(\Cl)c1ccccc1)(C(=O)OCC)C(Cl)c1ccccc1Br. The highest BCUT2D eigenvalue weighted by molar-refractivity contribution is 9.10. The molecule has 0 bridgehead atoms. The molecule has 29 heavy (non-hydrogen) atoms. The molecule has 0 N–H and O–H groups in total. The highest BCUT2D eigenvalue weighted by Gasteiger charge is 2.54. The highest BCUT2D eigenvalue weighted by Crippen LogP contribution is 2.47. The molecule has 0 aliphatic carbocycles. The molecule has 1 unspecified atom stereocenters. The molecule has 0 aliphatic heterocycles. The number of carbonyl (C=O) groups is 2. The molecule has 2 rings (SSSR count). The molecule has 4 nitrogen and oxygen atoms in total. The Morgan fingerprint density at radius 1 is 1.00 bits per heavy atom. The Morgan fingerprint density at radius 3 is 2.03 bits per heavy atom. The zero-order valence-electron chi connectivity index (χ0n) is 16.0. The van der Waals surface area contributed by atoms with Crippen LogP contribution in [0.3, 0.4) is 0 Å². The average Bonchev–Trinajstić information content (AvgIpc) is 2.72. The van der Waals surface area contributed by atoms with E-state index in [1.54, 1.807) is 62.4 Å². The van der Waals surface area contributed by atoms with Crippen LogP contribution in [-0.2, 0) is 19.1 Å². The summed E-state index contributed by atoms with van der Waals surface area (Å²) in [5, 5.41) is -0.946. The van der Waals surface area contributed by atoms with E-state index in [0.717, 1.165) is 0 Å². The molecule has 0 fully saturated rings. The van der Waals surface area contributed by atoms with E-state index in [-0.39, 0.29) is 18.2 Å². The lowest BCUT2D eigenvalue weighted by atomic mass is 9.79. The van der Waals surface area contributed by atoms with Gasteiger partial charge in [0.15, 0.2) is 0 Å². The zero-order valence-corrected chi connectivity index (χ0v) is 19.1. The van der Waals surface area contributed by atoms with E-state index in [9.17, 15) is 9.59 Å². The molecule has 0 amide bonds. The summed E-state index contributed by atoms with van der Waals surface area (Å²) in [6.45, 7) is 3.43. The minimum atomic E-state index is -1.98. The van der Waals surface area contributed by atoms with Crippen LogP contribution in [-0.4, -0.2) is 25.2 Å². The van der Waals surface area contributed by atoms with Crippen LogP contribution in [0.2, 0.25) is 0 Å². The van der Waals surface area contributed by atoms with E-state index in [2.05, 4.69) is 15.9 Å². The Bertz CT molecular complexity index is 865. The summed E-state index contributed by atoms with van der Waals surface area (Å²) < 4.78 is 11.1. The fourth-order valence-corrected chi connectivity index (χ4v) is 4.16. The van der Waals surface area contributed by atoms with Crippen molar-refractivity contribution in [2.24, 2.45) is 5.41 Å². The van der Waals surface area contributed by atoms with E-state index in [0.29, 0.717) is 15.6 Å². The third kappa shape index (κ3) is 5.21. The van der Waals surface area contributed by atoms with Crippen molar-refractivity contribution < 1.29 is 19.1 Å². The van der Waals surface area contributed by atoms with Gasteiger partial charge in [0.2, 0.25) is 5.41 Å². The number of hydrogen-bond acceptors (Lipinski definition) is 4. The summed E-state index contributed by atoms with van der Waals surface area (Å²) in [5.74, 6) is -1.66. The molecule has 0 saturated heterocycles. The van der Waals surface area contributed by atoms with Gasteiger partial charge in [-0.25, -0.2) is 0 Å². The van der Waals surface area contributed by atoms with Gasteiger partial charge in [-0.05, 0) is 37.1 Å². The molecule has 2 aromatic carbocycles. The van der Waals surface area contributed by atoms with E-state index in [1.165, 1.54) is 6.08 Å². The van der Waals surface area contributed by atoms with Gasteiger partial charge in [0.05, 0.1) is 18.6 Å². The molecule has 7 heteroatoms. The monoisotopic (exact) mass is 498 g/mol. The van der Waals surface area contributed by atoms with Gasteiger partial charge < -0.3 is 9.47 Å². The number of halogens is 3. The molecule has 1 atom stereocenters. The maximum absolute atomic E-state index is 13.1. The first-order valence-electron chi connectivity index (χ1n) is 9.05. The van der Waals surface area contributed by atoms with Gasteiger partial charge in [0.1, 0.15) is 0 Å². The third-order valence-electron chi connectivity index (χ3n) is 4.21. The topological polar surface area (TPSA) is 52.6 Å². The van der Waals surface area contributed by atoms with Crippen LogP contribution in [0.5, 0.6) is 0 Å². The van der Waals surface area contributed by atoms with Gasteiger partial charge in [0, 0.05) is 9.51 Å². The number of carbonyl (C=O) groups excluding carboxylic acids is 2. The Morgan fingerprint density at radius 2 is 1.52 bits per heavy atom. The van der Waals surface area contributed by atoms with Crippen molar-refractivity contribution in [1.29, 1.82) is 0 Å². The van der Waals surface area contributed by atoms with Crippen molar-refractivity contribution in [3.8, 4) is 0 Å². The summed E-state index contributed by atoms with van der Waals surface area (Å²) in [4.78, 5) is 26.3. The predicted octanol–water partition coefficient (Wildman–Crippen LogP) is 6.12. The average molecular weight is 500 g/mol. The van der Waals surface area contributed by atoms with Crippen LogP contribution >= 0.6 is 39.1 Å². The van der Waals surface area contributed by atoms with Gasteiger partial charge >= 0.3 is 11.9 Å². The Kier molecular flexibility index (Phi) is 8.75. The quantitative estimate of drug-likeness (QED) is 0.249. The standard InChI is InChI=1S/C22H21BrCl2O4/c1-3-28-20(26)22(21(27)29-4-2,14-18(24)15-10-6-5-7-11-15)19(25)16-12-8-9-13-17(16)23/h5-14,19H,3-4H2,1-2H3/b18-14-. The molecule has 0 radical (unpaired) electrons. The van der Waals surface area contributed by atoms with Crippen molar-refractivity contribution in [2.45, 2.75) is 19.2 Å². The number of ether oxygens (including phenoxy) is 2. The fourth-order valence-electron chi connectivity index (χ4n) is 2.79. The number of hydrogen-bond donors (Lipinski definition) is 0. The van der Waals surface area contributed by atoms with Crippen LogP contribution in [0.25, 0.3) is 5.03 Å². The summed E-state index contributed by atoms with van der Waals surface area (Å²) in [6, 6.07) is 16.0. The first-order valence-corrected chi connectivity index (χ1v) is 10.7. The lowest BCUT2D eigenvalue weighted by molar-refractivity contribution is -0.168. The molecular formula is C22H21BrCl2O4. The molecule has 0 aromatic heterocycles. The second kappa shape index (κ2) is 10.8. The Balaban J connectivity index is 2.74. The number of rotatable bonds is 8. The molecular weight excluding hydrogens is 479 g/mol. The smallest absolute Gasteiger partial charge is 0.329 e. The first kappa shape index (κ1) is 23.5. The second-order valence-corrected chi connectivity index (χ2v) is 7.75. The van der Waals surface area contributed by atoms with Gasteiger partial charge in [-0.2, -0.15) is 0 Å². The molecule has 0 aliphatic rings. The largest absolute Gasteiger partial charge is 0.465 e. The molecule has 154 valence electrons. The maximum Gasteiger partial charge on any atom is 0.329 e. The van der Waals surface area contributed by atoms with Crippen LogP contribution < -0.4 is 0 Å². The zero-order chi connectivity index (χ0) is 21.4. The normalized spacial score (nSPS) is 12.9. The van der Waals surface area contributed by atoms with Crippen molar-refractivity contribution in [2.75, 3.05) is 13.2 Å². The molecule has 0 saturated carbocycles. The third-order valence-corrected chi connectivity index (χ3v) is 5.84. The Labute approximate surface area is 188 Å². The van der Waals surface area contributed by atoms with Crippen molar-refractivity contribution >= 4 is 56.1 Å². The summed E-state index contributed by atoms with van der Waals surface area (Å²) in [6.07, 6.45) is 1.33. The van der Waals surface area contributed by atoms with Crippen LogP contribution in [0, 0.1) is 5.41 Å². The van der Waals surface area contributed by atoms with Crippen LogP contribution in [0.4, 0.5) is 0 Å². The van der Waals surface area contributed by atoms with E-state index in [4.69, 9.17) is 32.7 Å². The fraction of sp³-hybridized carbons (Fsp3) is 0.273. The van der Waals surface area contributed by atoms with Crippen LogP contribution in [0.15, 0.2) is 65.1 Å². The summed E-state index contributed by atoms with van der Waals surface area (Å²) in [5.41, 5.74) is -0.822. The minimum Gasteiger partial charge on any atom is -0.465 e. The van der Waals surface area contributed by atoms with Gasteiger partial charge in [-0.15, -0.1) is 11.6 Å². The Hall–Kier alpha value is -1.82. The molecule has 0 spiro atoms. The summed E-state index contributed by atoms with van der Waals surface area (Å²) >= 11 is 16.8. The maximum atomic E-state index is 13.1. The number of alkyl halides is 1. The van der Waals surface area contributed by atoms with Gasteiger partial charge in [-0.1, -0.05) is 76.1 Å². The van der Waals surface area contributed by atoms with Gasteiger partial charge in [-0.3, -0.25) is 9.59 Å². The lowest BCUT2D eigenvalue weighted by Crippen LogP contribution is -2.44. The number of esters is 2. The van der Waals surface area contributed by atoms with E-state index >= 15 is 0 Å². The lowest BCUT2D eigenvalue weighted by Gasteiger charge is -2.31. The van der Waals surface area contributed by atoms with Crippen LogP contribution in [0.1, 0.15) is 30.4 Å². The highest BCUT2D eigenvalue weighted by atomic mass is 79.9. The van der Waals surface area contributed by atoms with Crippen molar-refractivity contribution in [3.05, 3.63) is 76.3 Å². The molecule has 0 heterocycles. The number of benzene rings is 2. The van der Waals surface area contributed by atoms with Crippen molar-refractivity contribution in [3.63, 3.8) is 0 Å².